The molecule has 0 aliphatic carbocycles. The van der Waals surface area contributed by atoms with Crippen molar-refractivity contribution in [1.82, 2.24) is 0 Å². The molecule has 7 heteroatoms. The number of quaternary nitrogens is 1. The van der Waals surface area contributed by atoms with E-state index >= 15 is 0 Å². The predicted molar refractivity (Wildman–Crippen MR) is 105 cm³/mol. The van der Waals surface area contributed by atoms with E-state index in [1.807, 2.05) is 18.2 Å². The largest absolute Gasteiger partial charge is 0.871 e. The molecule has 0 saturated carbocycles. The summed E-state index contributed by atoms with van der Waals surface area (Å²) in [5.74, 6) is -2.42. The van der Waals surface area contributed by atoms with Gasteiger partial charge in [-0.05, 0) is 34.5 Å². The lowest BCUT2D eigenvalue weighted by molar-refractivity contribution is -0.372. The van der Waals surface area contributed by atoms with Crippen LogP contribution in [0.3, 0.4) is 0 Å². The minimum absolute atomic E-state index is 0.0234. The van der Waals surface area contributed by atoms with E-state index in [1.54, 1.807) is 36.4 Å². The number of carboxylic acid groups (broad SMARTS) is 2. The second kappa shape index (κ2) is 9.73. The number of carbonyl (C=O) groups is 2. The molecule has 0 aromatic heterocycles. The van der Waals surface area contributed by atoms with Gasteiger partial charge in [0.15, 0.2) is 0 Å². The third-order valence-electron chi connectivity index (χ3n) is 4.22. The van der Waals surface area contributed by atoms with Crippen LogP contribution in [0.5, 0.6) is 5.75 Å². The Morgan fingerprint density at radius 1 is 1.00 bits per heavy atom. The van der Waals surface area contributed by atoms with E-state index in [0.717, 1.165) is 10.9 Å². The van der Waals surface area contributed by atoms with E-state index in [2.05, 4.69) is 5.73 Å². The van der Waals surface area contributed by atoms with Crippen molar-refractivity contribution in [3.05, 3.63) is 76.8 Å². The van der Waals surface area contributed by atoms with Crippen molar-refractivity contribution < 1.29 is 30.6 Å². The molecule has 3 aromatic carbocycles. The van der Waals surface area contributed by atoms with Crippen LogP contribution in [0, 0.1) is 0 Å². The summed E-state index contributed by atoms with van der Waals surface area (Å²) < 4.78 is 0. The van der Waals surface area contributed by atoms with Crippen LogP contribution in [0.2, 0.25) is 5.02 Å². The Bertz CT molecular complexity index is 972. The van der Waals surface area contributed by atoms with Crippen molar-refractivity contribution in [3.8, 4) is 5.75 Å². The fraction of sp³-hybridized carbons (Fsp3) is 0.143. The number of fused-ring (bicyclic) bond motifs is 1. The molecule has 0 aliphatic heterocycles. The monoisotopic (exact) mass is 401 g/mol. The third-order valence-corrected chi connectivity index (χ3v) is 4.47. The van der Waals surface area contributed by atoms with Crippen molar-refractivity contribution in [3.63, 3.8) is 0 Å². The van der Waals surface area contributed by atoms with Crippen LogP contribution in [0.4, 0.5) is 0 Å². The van der Waals surface area contributed by atoms with Crippen LogP contribution in [0.25, 0.3) is 10.8 Å². The highest BCUT2D eigenvalue weighted by Gasteiger charge is 2.15. The number of aromatic carboxylic acids is 1. The zero-order valence-corrected chi connectivity index (χ0v) is 15.7. The third kappa shape index (κ3) is 5.45. The van der Waals surface area contributed by atoms with E-state index in [4.69, 9.17) is 21.8 Å². The smallest absolute Gasteiger partial charge is 0.335 e. The highest BCUT2D eigenvalue weighted by Crippen LogP contribution is 2.25. The standard InChI is InChI=1S/C11H8O3.C10H12ClNO2/c12-10-8-4-2-1-3-7(8)5-6-9(10)11(13)14;11-9-3-1-7(2-4-9)8(6-12)5-10(13)14/h1-6,12H,(H,13,14);1-4,8H,5-6,12H2,(H,13,14)/t;8-/m.0/s1. The maximum atomic E-state index is 11.6. The fourth-order valence-corrected chi connectivity index (χ4v) is 2.87. The van der Waals surface area contributed by atoms with Gasteiger partial charge in [-0.15, -0.1) is 0 Å². The average Bonchev–Trinajstić information content (AvgIpc) is 2.67. The van der Waals surface area contributed by atoms with Gasteiger partial charge in [-0.25, -0.2) is 4.79 Å². The zero-order chi connectivity index (χ0) is 20.7. The van der Waals surface area contributed by atoms with Gasteiger partial charge in [-0.1, -0.05) is 59.8 Å². The zero-order valence-electron chi connectivity index (χ0n) is 15.0. The Labute approximate surface area is 166 Å². The van der Waals surface area contributed by atoms with E-state index < -0.39 is 17.7 Å². The lowest BCUT2D eigenvalue weighted by Crippen LogP contribution is -2.53. The average molecular weight is 402 g/mol. The molecule has 6 nitrogen and oxygen atoms in total. The van der Waals surface area contributed by atoms with Gasteiger partial charge in [0.25, 0.3) is 0 Å². The number of rotatable bonds is 5. The quantitative estimate of drug-likeness (QED) is 0.606. The first-order valence-electron chi connectivity index (χ1n) is 8.52. The molecule has 3 rings (SSSR count). The Balaban J connectivity index is 0.000000200. The SMILES string of the molecule is O=C(O)c1ccc2ccccc2c1[O-].[NH3+]C[C@H](CC(=O)O)c1ccc(Cl)cc1. The van der Waals surface area contributed by atoms with Crippen molar-refractivity contribution in [1.29, 1.82) is 0 Å². The number of aliphatic carboxylic acids is 1. The van der Waals surface area contributed by atoms with Gasteiger partial charge in [0.1, 0.15) is 0 Å². The normalized spacial score (nSPS) is 11.4. The minimum atomic E-state index is -1.18. The van der Waals surface area contributed by atoms with Crippen LogP contribution in [0.15, 0.2) is 60.7 Å². The van der Waals surface area contributed by atoms with Gasteiger partial charge in [0.2, 0.25) is 0 Å². The van der Waals surface area contributed by atoms with Crippen molar-refractivity contribution in [2.24, 2.45) is 0 Å². The van der Waals surface area contributed by atoms with E-state index in [1.165, 1.54) is 6.07 Å². The summed E-state index contributed by atoms with van der Waals surface area (Å²) in [5, 5.41) is 30.9. The Kier molecular flexibility index (Phi) is 7.37. The van der Waals surface area contributed by atoms with Gasteiger partial charge in [0.05, 0.1) is 18.5 Å². The van der Waals surface area contributed by atoms with E-state index in [-0.39, 0.29) is 17.9 Å². The first kappa shape index (κ1) is 21.2. The molecule has 0 aliphatic rings. The molecule has 28 heavy (non-hydrogen) atoms. The molecule has 0 bridgehead atoms. The van der Waals surface area contributed by atoms with Gasteiger partial charge < -0.3 is 21.1 Å². The van der Waals surface area contributed by atoms with Gasteiger partial charge in [-0.2, -0.15) is 0 Å². The molecular formula is C21H20ClNO5. The number of hydrogen-bond acceptors (Lipinski definition) is 3. The lowest BCUT2D eigenvalue weighted by Gasteiger charge is -2.13. The van der Waals surface area contributed by atoms with Crippen LogP contribution in [-0.2, 0) is 4.79 Å². The first-order chi connectivity index (χ1) is 13.3. The maximum Gasteiger partial charge on any atom is 0.335 e. The Morgan fingerprint density at radius 3 is 2.21 bits per heavy atom. The Morgan fingerprint density at radius 2 is 1.64 bits per heavy atom. The van der Waals surface area contributed by atoms with Gasteiger partial charge in [0, 0.05) is 10.9 Å². The second-order valence-electron chi connectivity index (χ2n) is 6.10. The molecule has 146 valence electrons. The molecule has 0 amide bonds. The first-order valence-corrected chi connectivity index (χ1v) is 8.89. The molecule has 0 unspecified atom stereocenters. The van der Waals surface area contributed by atoms with Crippen LogP contribution in [0.1, 0.15) is 28.3 Å². The number of benzene rings is 3. The minimum Gasteiger partial charge on any atom is -0.871 e. The number of carboxylic acids is 2. The van der Waals surface area contributed by atoms with Gasteiger partial charge >= 0.3 is 11.9 Å². The molecule has 0 radical (unpaired) electrons. The summed E-state index contributed by atoms with van der Waals surface area (Å²) in [5.41, 5.74) is 4.54. The second-order valence-corrected chi connectivity index (χ2v) is 6.54. The number of halogens is 1. The molecule has 5 N–H and O–H groups in total. The summed E-state index contributed by atoms with van der Waals surface area (Å²) in [6, 6.07) is 17.1. The van der Waals surface area contributed by atoms with E-state index in [9.17, 15) is 14.7 Å². The topological polar surface area (TPSA) is 125 Å². The Hall–Kier alpha value is -3.09. The van der Waals surface area contributed by atoms with Gasteiger partial charge in [-0.3, -0.25) is 4.79 Å². The summed E-state index contributed by atoms with van der Waals surface area (Å²) in [4.78, 5) is 21.2. The summed E-state index contributed by atoms with van der Waals surface area (Å²) in [7, 11) is 0. The van der Waals surface area contributed by atoms with Crippen LogP contribution >= 0.6 is 11.6 Å². The van der Waals surface area contributed by atoms with Crippen molar-refractivity contribution in [2.45, 2.75) is 12.3 Å². The molecular weight excluding hydrogens is 382 g/mol. The fourth-order valence-electron chi connectivity index (χ4n) is 2.74. The predicted octanol–water partition coefficient (Wildman–Crippen LogP) is 2.75. The molecule has 0 spiro atoms. The number of hydrogen-bond donors (Lipinski definition) is 3. The molecule has 0 saturated heterocycles. The molecule has 0 heterocycles. The maximum absolute atomic E-state index is 11.6. The highest BCUT2D eigenvalue weighted by molar-refractivity contribution is 6.30. The molecule has 1 atom stereocenters. The van der Waals surface area contributed by atoms with Crippen molar-refractivity contribution >= 4 is 34.3 Å². The highest BCUT2D eigenvalue weighted by atomic mass is 35.5. The summed E-state index contributed by atoms with van der Waals surface area (Å²) in [6.45, 7) is 0.577. The lowest BCUT2D eigenvalue weighted by atomic mass is 9.96. The summed E-state index contributed by atoms with van der Waals surface area (Å²) >= 11 is 5.73. The van der Waals surface area contributed by atoms with Crippen molar-refractivity contribution in [2.75, 3.05) is 6.54 Å². The summed E-state index contributed by atoms with van der Waals surface area (Å²) in [6.07, 6.45) is 0.116. The van der Waals surface area contributed by atoms with E-state index in [0.29, 0.717) is 17.0 Å². The van der Waals surface area contributed by atoms with Crippen LogP contribution < -0.4 is 10.8 Å². The molecule has 3 aromatic rings. The molecule has 0 fully saturated rings. The van der Waals surface area contributed by atoms with Crippen LogP contribution in [-0.4, -0.2) is 28.7 Å².